The molecule has 1 amide bonds. The van der Waals surface area contributed by atoms with Crippen molar-refractivity contribution < 1.29 is 9.90 Å². The molecule has 1 saturated heterocycles. The summed E-state index contributed by atoms with van der Waals surface area (Å²) in [7, 11) is 0. The summed E-state index contributed by atoms with van der Waals surface area (Å²) in [5.41, 5.74) is 5.37. The van der Waals surface area contributed by atoms with Crippen LogP contribution in [0.15, 0.2) is 0 Å². The summed E-state index contributed by atoms with van der Waals surface area (Å²) in [6.45, 7) is 3.34. The van der Waals surface area contributed by atoms with Crippen molar-refractivity contribution in [1.82, 2.24) is 4.90 Å². The predicted molar refractivity (Wildman–Crippen MR) is 50.0 cm³/mol. The van der Waals surface area contributed by atoms with Gasteiger partial charge in [0.2, 0.25) is 5.91 Å². The van der Waals surface area contributed by atoms with E-state index in [4.69, 9.17) is 5.73 Å². The molecule has 0 spiro atoms. The molecule has 0 aromatic heterocycles. The molecule has 0 saturated carbocycles. The lowest BCUT2D eigenvalue weighted by atomic mass is 9.92. The maximum absolute atomic E-state index is 11.1. The Morgan fingerprint density at radius 1 is 1.77 bits per heavy atom. The molecule has 0 aromatic carbocycles. The highest BCUT2D eigenvalue weighted by Gasteiger charge is 2.25. The first-order valence-electron chi connectivity index (χ1n) is 4.78. The van der Waals surface area contributed by atoms with Crippen LogP contribution in [0.2, 0.25) is 0 Å². The number of aliphatic hydroxyl groups excluding tert-OH is 1. The third kappa shape index (κ3) is 2.67. The monoisotopic (exact) mass is 186 g/mol. The van der Waals surface area contributed by atoms with E-state index >= 15 is 0 Å². The lowest BCUT2D eigenvalue weighted by Gasteiger charge is -2.34. The van der Waals surface area contributed by atoms with Gasteiger partial charge in [-0.2, -0.15) is 0 Å². The first-order chi connectivity index (χ1) is 6.15. The van der Waals surface area contributed by atoms with Crippen molar-refractivity contribution in [3.8, 4) is 0 Å². The molecule has 0 aromatic rings. The molecule has 0 bridgehead atoms. The molecule has 4 heteroatoms. The third-order valence-corrected chi connectivity index (χ3v) is 2.69. The van der Waals surface area contributed by atoms with E-state index in [1.54, 1.807) is 11.8 Å². The van der Waals surface area contributed by atoms with E-state index in [1.165, 1.54) is 0 Å². The van der Waals surface area contributed by atoms with Crippen LogP contribution in [-0.4, -0.2) is 41.7 Å². The molecule has 1 aliphatic heterocycles. The Kier molecular flexibility index (Phi) is 3.69. The van der Waals surface area contributed by atoms with Crippen LogP contribution < -0.4 is 5.73 Å². The quantitative estimate of drug-likeness (QED) is 0.614. The largest absolute Gasteiger partial charge is 0.391 e. The van der Waals surface area contributed by atoms with Crippen molar-refractivity contribution in [2.45, 2.75) is 25.9 Å². The molecule has 0 aliphatic carbocycles. The fraction of sp³-hybridized carbons (Fsp3) is 0.889. The number of rotatable bonds is 2. The number of nitrogens with two attached hydrogens (primary N) is 1. The van der Waals surface area contributed by atoms with E-state index in [2.05, 4.69) is 0 Å². The molecule has 13 heavy (non-hydrogen) atoms. The zero-order valence-corrected chi connectivity index (χ0v) is 8.07. The summed E-state index contributed by atoms with van der Waals surface area (Å²) in [4.78, 5) is 12.9. The minimum Gasteiger partial charge on any atom is -0.391 e. The van der Waals surface area contributed by atoms with Crippen molar-refractivity contribution in [1.29, 1.82) is 0 Å². The molecular formula is C9H18N2O2. The average Bonchev–Trinajstić information content (AvgIpc) is 2.17. The molecule has 1 rings (SSSR count). The second-order valence-corrected chi connectivity index (χ2v) is 3.67. The Morgan fingerprint density at radius 2 is 2.46 bits per heavy atom. The van der Waals surface area contributed by atoms with Crippen molar-refractivity contribution >= 4 is 5.91 Å². The second kappa shape index (κ2) is 4.58. The number of hydrogen-bond donors (Lipinski definition) is 2. The topological polar surface area (TPSA) is 66.6 Å². The Balaban J connectivity index is 2.46. The van der Waals surface area contributed by atoms with Gasteiger partial charge in [0.05, 0.1) is 6.10 Å². The molecule has 0 radical (unpaired) electrons. The molecule has 1 fully saturated rings. The summed E-state index contributed by atoms with van der Waals surface area (Å²) in [5.74, 6) is 0.261. The highest BCUT2D eigenvalue weighted by molar-refractivity contribution is 5.73. The van der Waals surface area contributed by atoms with Crippen LogP contribution in [-0.2, 0) is 4.79 Å². The SMILES string of the molecule is CC(=O)N1CCCC(C(O)CN)C1. The van der Waals surface area contributed by atoms with Gasteiger partial charge in [0.25, 0.3) is 0 Å². The van der Waals surface area contributed by atoms with Crippen molar-refractivity contribution in [2.24, 2.45) is 11.7 Å². The van der Waals surface area contributed by atoms with E-state index in [1.807, 2.05) is 0 Å². The Bertz CT molecular complexity index is 184. The van der Waals surface area contributed by atoms with Gasteiger partial charge in [0.1, 0.15) is 0 Å². The van der Waals surface area contributed by atoms with Crippen molar-refractivity contribution in [3.05, 3.63) is 0 Å². The number of hydrogen-bond acceptors (Lipinski definition) is 3. The zero-order valence-electron chi connectivity index (χ0n) is 8.07. The third-order valence-electron chi connectivity index (χ3n) is 2.69. The first kappa shape index (κ1) is 10.5. The van der Waals surface area contributed by atoms with Gasteiger partial charge in [-0.15, -0.1) is 0 Å². The number of carbonyl (C=O) groups is 1. The number of amides is 1. The smallest absolute Gasteiger partial charge is 0.219 e. The summed E-state index contributed by atoms with van der Waals surface area (Å²) in [6, 6.07) is 0. The van der Waals surface area contributed by atoms with E-state index < -0.39 is 6.10 Å². The predicted octanol–water partition coefficient (Wildman–Crippen LogP) is -0.435. The van der Waals surface area contributed by atoms with Gasteiger partial charge in [-0.1, -0.05) is 0 Å². The van der Waals surface area contributed by atoms with Crippen LogP contribution in [0.5, 0.6) is 0 Å². The van der Waals surface area contributed by atoms with Gasteiger partial charge in [-0.25, -0.2) is 0 Å². The standard InChI is InChI=1S/C9H18N2O2/c1-7(12)11-4-2-3-8(6-11)9(13)5-10/h8-9,13H,2-6,10H2,1H3. The van der Waals surface area contributed by atoms with Crippen LogP contribution in [0.1, 0.15) is 19.8 Å². The van der Waals surface area contributed by atoms with Gasteiger partial charge >= 0.3 is 0 Å². The normalized spacial score (nSPS) is 25.8. The molecule has 76 valence electrons. The summed E-state index contributed by atoms with van der Waals surface area (Å²) < 4.78 is 0. The number of piperidine rings is 1. The average molecular weight is 186 g/mol. The summed E-state index contributed by atoms with van der Waals surface area (Å²) in [6.07, 6.45) is 1.49. The minimum atomic E-state index is -0.456. The number of nitrogens with zero attached hydrogens (tertiary/aromatic N) is 1. The maximum atomic E-state index is 11.1. The number of likely N-dealkylation sites (tertiary alicyclic amines) is 1. The van der Waals surface area contributed by atoms with Crippen LogP contribution in [0.4, 0.5) is 0 Å². The molecule has 4 nitrogen and oxygen atoms in total. The fourth-order valence-corrected chi connectivity index (χ4v) is 1.80. The fourth-order valence-electron chi connectivity index (χ4n) is 1.80. The van der Waals surface area contributed by atoms with Gasteiger partial charge in [0, 0.05) is 32.5 Å². The van der Waals surface area contributed by atoms with Crippen molar-refractivity contribution in [2.75, 3.05) is 19.6 Å². The van der Waals surface area contributed by atoms with Crippen LogP contribution >= 0.6 is 0 Å². The minimum absolute atomic E-state index is 0.0916. The molecule has 2 unspecified atom stereocenters. The Labute approximate surface area is 78.7 Å². The van der Waals surface area contributed by atoms with Crippen LogP contribution in [0, 0.1) is 5.92 Å². The molecule has 3 N–H and O–H groups in total. The van der Waals surface area contributed by atoms with Gasteiger partial charge < -0.3 is 15.7 Å². The number of aliphatic hydroxyl groups is 1. The van der Waals surface area contributed by atoms with Crippen LogP contribution in [0.3, 0.4) is 0 Å². The van der Waals surface area contributed by atoms with E-state index in [9.17, 15) is 9.90 Å². The van der Waals surface area contributed by atoms with E-state index in [-0.39, 0.29) is 18.4 Å². The molecule has 1 heterocycles. The lowest BCUT2D eigenvalue weighted by molar-refractivity contribution is -0.131. The Morgan fingerprint density at radius 3 is 3.00 bits per heavy atom. The molecular weight excluding hydrogens is 168 g/mol. The zero-order chi connectivity index (χ0) is 9.84. The maximum Gasteiger partial charge on any atom is 0.219 e. The Hall–Kier alpha value is -0.610. The molecule has 2 atom stereocenters. The van der Waals surface area contributed by atoms with Gasteiger partial charge in [-0.3, -0.25) is 4.79 Å². The van der Waals surface area contributed by atoms with Gasteiger partial charge in [-0.05, 0) is 12.8 Å². The molecule has 1 aliphatic rings. The summed E-state index contributed by atoms with van der Waals surface area (Å²) >= 11 is 0. The lowest BCUT2D eigenvalue weighted by Crippen LogP contribution is -2.44. The highest BCUT2D eigenvalue weighted by Crippen LogP contribution is 2.19. The van der Waals surface area contributed by atoms with E-state index in [0.29, 0.717) is 6.54 Å². The van der Waals surface area contributed by atoms with Crippen molar-refractivity contribution in [3.63, 3.8) is 0 Å². The second-order valence-electron chi connectivity index (χ2n) is 3.67. The highest BCUT2D eigenvalue weighted by atomic mass is 16.3. The van der Waals surface area contributed by atoms with Gasteiger partial charge in [0.15, 0.2) is 0 Å². The van der Waals surface area contributed by atoms with E-state index in [0.717, 1.165) is 19.4 Å². The van der Waals surface area contributed by atoms with Crippen LogP contribution in [0.25, 0.3) is 0 Å². The first-order valence-corrected chi connectivity index (χ1v) is 4.78. The summed E-state index contributed by atoms with van der Waals surface area (Å²) in [5, 5.41) is 9.52. The number of carbonyl (C=O) groups excluding carboxylic acids is 1.